The van der Waals surface area contributed by atoms with Crippen LogP contribution in [0.2, 0.25) is 0 Å². The zero-order valence-electron chi connectivity index (χ0n) is 12.2. The van der Waals surface area contributed by atoms with Gasteiger partial charge in [-0.1, -0.05) is 6.92 Å². The van der Waals surface area contributed by atoms with E-state index in [0.717, 1.165) is 31.3 Å². The number of rotatable bonds is 7. The molecule has 2 atom stereocenters. The van der Waals surface area contributed by atoms with Gasteiger partial charge in [0, 0.05) is 18.3 Å². The van der Waals surface area contributed by atoms with Crippen LogP contribution in [0.3, 0.4) is 0 Å². The van der Waals surface area contributed by atoms with Crippen LogP contribution in [0.4, 0.5) is 0 Å². The average molecular weight is 281 g/mol. The molecule has 1 aromatic rings. The van der Waals surface area contributed by atoms with Crippen LogP contribution in [-0.4, -0.2) is 31.2 Å². The van der Waals surface area contributed by atoms with Gasteiger partial charge in [0.05, 0.1) is 10.7 Å². The molecule has 1 aromatic heterocycles. The smallest absolute Gasteiger partial charge is 0.0897 e. The van der Waals surface area contributed by atoms with E-state index in [1.807, 2.05) is 0 Å². The Balaban J connectivity index is 1.53. The summed E-state index contributed by atoms with van der Waals surface area (Å²) < 4.78 is 0. The molecule has 1 aliphatic rings. The third kappa shape index (κ3) is 5.21. The highest BCUT2D eigenvalue weighted by atomic mass is 32.1. The standard InChI is InChI=1S/C15H27N3S/c1-12(14-4-3-7-17-10-14)5-8-16-9-6-15-11-19-13(2)18-15/h11-12,14,16-17H,3-10H2,1-2H3. The molecular weight excluding hydrogens is 254 g/mol. The van der Waals surface area contributed by atoms with E-state index < -0.39 is 0 Å². The number of aryl methyl sites for hydroxylation is 1. The summed E-state index contributed by atoms with van der Waals surface area (Å²) in [6.07, 6.45) is 5.12. The first-order valence-electron chi connectivity index (χ1n) is 7.58. The van der Waals surface area contributed by atoms with Crippen LogP contribution >= 0.6 is 11.3 Å². The van der Waals surface area contributed by atoms with Gasteiger partial charge < -0.3 is 10.6 Å². The number of hydrogen-bond donors (Lipinski definition) is 2. The number of nitrogens with one attached hydrogen (secondary N) is 2. The summed E-state index contributed by atoms with van der Waals surface area (Å²) in [5, 5.41) is 10.4. The maximum absolute atomic E-state index is 4.49. The molecule has 0 saturated carbocycles. The van der Waals surface area contributed by atoms with E-state index in [1.165, 1.54) is 43.1 Å². The summed E-state index contributed by atoms with van der Waals surface area (Å²) in [4.78, 5) is 4.49. The van der Waals surface area contributed by atoms with Gasteiger partial charge in [0.25, 0.3) is 0 Å². The molecule has 0 radical (unpaired) electrons. The van der Waals surface area contributed by atoms with Gasteiger partial charge >= 0.3 is 0 Å². The van der Waals surface area contributed by atoms with Crippen LogP contribution in [0.1, 0.15) is 36.9 Å². The van der Waals surface area contributed by atoms with Crippen molar-refractivity contribution >= 4 is 11.3 Å². The first-order valence-corrected chi connectivity index (χ1v) is 8.46. The van der Waals surface area contributed by atoms with E-state index in [-0.39, 0.29) is 0 Å². The minimum absolute atomic E-state index is 0.835. The molecule has 19 heavy (non-hydrogen) atoms. The van der Waals surface area contributed by atoms with Crippen molar-refractivity contribution in [3.63, 3.8) is 0 Å². The van der Waals surface area contributed by atoms with Crippen LogP contribution < -0.4 is 10.6 Å². The Morgan fingerprint density at radius 2 is 2.42 bits per heavy atom. The first kappa shape index (κ1) is 14.9. The highest BCUT2D eigenvalue weighted by Gasteiger charge is 2.18. The molecular formula is C15H27N3S. The van der Waals surface area contributed by atoms with E-state index in [9.17, 15) is 0 Å². The second-order valence-electron chi connectivity index (χ2n) is 5.73. The maximum atomic E-state index is 4.49. The molecule has 3 nitrogen and oxygen atoms in total. The van der Waals surface area contributed by atoms with E-state index >= 15 is 0 Å². The van der Waals surface area contributed by atoms with Gasteiger partial charge in [-0.2, -0.15) is 0 Å². The molecule has 1 aliphatic heterocycles. The summed E-state index contributed by atoms with van der Waals surface area (Å²) in [5.74, 6) is 1.72. The van der Waals surface area contributed by atoms with Crippen molar-refractivity contribution in [2.75, 3.05) is 26.2 Å². The molecule has 2 rings (SSSR count). The van der Waals surface area contributed by atoms with Gasteiger partial charge in [0.1, 0.15) is 0 Å². The van der Waals surface area contributed by atoms with Crippen LogP contribution in [0.5, 0.6) is 0 Å². The quantitative estimate of drug-likeness (QED) is 0.754. The molecule has 0 amide bonds. The van der Waals surface area contributed by atoms with E-state index in [2.05, 4.69) is 34.8 Å². The minimum atomic E-state index is 0.835. The van der Waals surface area contributed by atoms with Crippen LogP contribution in [-0.2, 0) is 6.42 Å². The summed E-state index contributed by atoms with van der Waals surface area (Å²) in [6, 6.07) is 0. The fourth-order valence-corrected chi connectivity index (χ4v) is 3.44. The average Bonchev–Trinajstić information content (AvgIpc) is 2.85. The van der Waals surface area contributed by atoms with E-state index in [1.54, 1.807) is 11.3 Å². The predicted molar refractivity (Wildman–Crippen MR) is 82.8 cm³/mol. The molecule has 0 spiro atoms. The van der Waals surface area contributed by atoms with Crippen LogP contribution in [0.15, 0.2) is 5.38 Å². The third-order valence-corrected chi connectivity index (χ3v) is 4.96. The number of hydrogen-bond acceptors (Lipinski definition) is 4. The van der Waals surface area contributed by atoms with Gasteiger partial charge in [-0.05, 0) is 57.7 Å². The van der Waals surface area contributed by atoms with Gasteiger partial charge in [-0.15, -0.1) is 11.3 Å². The number of aromatic nitrogens is 1. The summed E-state index contributed by atoms with van der Waals surface area (Å²) in [5.41, 5.74) is 1.24. The topological polar surface area (TPSA) is 37.0 Å². The molecule has 2 heterocycles. The molecule has 2 unspecified atom stereocenters. The summed E-state index contributed by atoms with van der Waals surface area (Å²) in [7, 11) is 0. The highest BCUT2D eigenvalue weighted by Crippen LogP contribution is 2.21. The van der Waals surface area contributed by atoms with Crippen molar-refractivity contribution in [3.05, 3.63) is 16.1 Å². The second kappa shape index (κ2) is 7.98. The number of piperidine rings is 1. The van der Waals surface area contributed by atoms with Gasteiger partial charge in [-0.25, -0.2) is 4.98 Å². The lowest BCUT2D eigenvalue weighted by Gasteiger charge is -2.28. The Morgan fingerprint density at radius 1 is 1.53 bits per heavy atom. The molecule has 1 saturated heterocycles. The zero-order chi connectivity index (χ0) is 13.5. The summed E-state index contributed by atoms with van der Waals surface area (Å²) in [6.45, 7) is 9.11. The van der Waals surface area contributed by atoms with Crippen LogP contribution in [0.25, 0.3) is 0 Å². The SMILES string of the molecule is Cc1nc(CCNCCC(C)C2CCCNC2)cs1. The largest absolute Gasteiger partial charge is 0.316 e. The van der Waals surface area contributed by atoms with Crippen molar-refractivity contribution in [1.82, 2.24) is 15.6 Å². The fourth-order valence-electron chi connectivity index (χ4n) is 2.79. The Hall–Kier alpha value is -0.450. The Bertz CT molecular complexity index is 358. The Morgan fingerprint density at radius 3 is 3.11 bits per heavy atom. The van der Waals surface area contributed by atoms with Crippen molar-refractivity contribution in [2.45, 2.75) is 39.5 Å². The van der Waals surface area contributed by atoms with Crippen molar-refractivity contribution in [2.24, 2.45) is 11.8 Å². The first-order chi connectivity index (χ1) is 9.25. The molecule has 0 bridgehead atoms. The maximum Gasteiger partial charge on any atom is 0.0897 e. The van der Waals surface area contributed by atoms with Crippen molar-refractivity contribution < 1.29 is 0 Å². The number of thiazole rings is 1. The lowest BCUT2D eigenvalue weighted by atomic mass is 9.85. The minimum Gasteiger partial charge on any atom is -0.316 e. The molecule has 0 aliphatic carbocycles. The van der Waals surface area contributed by atoms with Gasteiger partial charge in [-0.3, -0.25) is 0 Å². The molecule has 108 valence electrons. The Kier molecular flexibility index (Phi) is 6.28. The number of nitrogens with zero attached hydrogens (tertiary/aromatic N) is 1. The monoisotopic (exact) mass is 281 g/mol. The molecule has 0 aromatic carbocycles. The molecule has 4 heteroatoms. The second-order valence-corrected chi connectivity index (χ2v) is 6.79. The van der Waals surface area contributed by atoms with Gasteiger partial charge in [0.15, 0.2) is 0 Å². The molecule has 2 N–H and O–H groups in total. The van der Waals surface area contributed by atoms with E-state index in [0.29, 0.717) is 0 Å². The fraction of sp³-hybridized carbons (Fsp3) is 0.800. The van der Waals surface area contributed by atoms with Gasteiger partial charge in [0.2, 0.25) is 0 Å². The highest BCUT2D eigenvalue weighted by molar-refractivity contribution is 7.09. The normalized spacial score (nSPS) is 21.5. The lowest BCUT2D eigenvalue weighted by Crippen LogP contribution is -2.34. The summed E-state index contributed by atoms with van der Waals surface area (Å²) >= 11 is 1.75. The van der Waals surface area contributed by atoms with E-state index in [4.69, 9.17) is 0 Å². The Labute approximate surface area is 121 Å². The zero-order valence-corrected chi connectivity index (χ0v) is 13.1. The van der Waals surface area contributed by atoms with Crippen molar-refractivity contribution in [1.29, 1.82) is 0 Å². The molecule has 1 fully saturated rings. The lowest BCUT2D eigenvalue weighted by molar-refractivity contribution is 0.266. The van der Waals surface area contributed by atoms with Crippen LogP contribution in [0, 0.1) is 18.8 Å². The third-order valence-electron chi connectivity index (χ3n) is 4.14. The predicted octanol–water partition coefficient (Wildman–Crippen LogP) is 2.61. The van der Waals surface area contributed by atoms with Crippen molar-refractivity contribution in [3.8, 4) is 0 Å².